The van der Waals surface area contributed by atoms with Gasteiger partial charge in [0.2, 0.25) is 0 Å². The van der Waals surface area contributed by atoms with E-state index >= 15 is 0 Å². The molecule has 3 aromatic rings. The van der Waals surface area contributed by atoms with E-state index in [4.69, 9.17) is 16.0 Å². The molecule has 9 heteroatoms. The highest BCUT2D eigenvalue weighted by Crippen LogP contribution is 2.26. The number of hydrogen-bond donors (Lipinski definition) is 0. The summed E-state index contributed by atoms with van der Waals surface area (Å²) in [4.78, 5) is 6.32. The fraction of sp³-hybridized carbons (Fsp3) is 0.214. The molecule has 0 spiro atoms. The Morgan fingerprint density at radius 3 is 2.87 bits per heavy atom. The Labute approximate surface area is 139 Å². The van der Waals surface area contributed by atoms with E-state index in [1.54, 1.807) is 11.4 Å². The predicted octanol–water partition coefficient (Wildman–Crippen LogP) is 4.42. The van der Waals surface area contributed by atoms with Crippen molar-refractivity contribution in [1.82, 2.24) is 15.2 Å². The van der Waals surface area contributed by atoms with E-state index in [1.807, 2.05) is 30.1 Å². The van der Waals surface area contributed by atoms with E-state index in [1.165, 1.54) is 11.3 Å². The number of aromatic nitrogens is 3. The van der Waals surface area contributed by atoms with Gasteiger partial charge in [0.05, 0.1) is 6.54 Å². The zero-order chi connectivity index (χ0) is 16.4. The third-order valence-electron chi connectivity index (χ3n) is 3.02. The van der Waals surface area contributed by atoms with Crippen molar-refractivity contribution >= 4 is 28.6 Å². The maximum absolute atomic E-state index is 12.5. The molecule has 0 amide bonds. The molecule has 2 heterocycles. The number of alkyl halides is 2. The predicted molar refractivity (Wildman–Crippen MR) is 83.9 cm³/mol. The Bertz CT molecular complexity index is 807. The van der Waals surface area contributed by atoms with Gasteiger partial charge in [0.1, 0.15) is 10.7 Å². The van der Waals surface area contributed by atoms with Gasteiger partial charge in [0.15, 0.2) is 0 Å². The lowest BCUT2D eigenvalue weighted by Crippen LogP contribution is -2.16. The molecule has 0 aliphatic rings. The molecule has 120 valence electrons. The largest absolute Gasteiger partial charge is 0.414 e. The standard InChI is InChI=1S/C14H11ClF2N4OS/c1-21(9-4-2-3-8(15)5-9)6-11-18-10(7-23-11)13-19-20-14(22-13)12(16)17/h2-5,7,12H,6H2,1H3. The highest BCUT2D eigenvalue weighted by molar-refractivity contribution is 7.09. The fourth-order valence-electron chi connectivity index (χ4n) is 1.92. The first-order valence-corrected chi connectivity index (χ1v) is 7.81. The summed E-state index contributed by atoms with van der Waals surface area (Å²) in [6.07, 6.45) is -2.79. The van der Waals surface area contributed by atoms with Crippen LogP contribution in [0.3, 0.4) is 0 Å². The number of benzene rings is 1. The molecular formula is C14H11ClF2N4OS. The molecule has 0 atom stereocenters. The van der Waals surface area contributed by atoms with Gasteiger partial charge in [-0.2, -0.15) is 8.78 Å². The first kappa shape index (κ1) is 15.8. The highest BCUT2D eigenvalue weighted by Gasteiger charge is 2.18. The Hall–Kier alpha value is -2.06. The lowest BCUT2D eigenvalue weighted by Gasteiger charge is -2.17. The van der Waals surface area contributed by atoms with Crippen LogP contribution in [0.25, 0.3) is 11.6 Å². The molecule has 5 nitrogen and oxygen atoms in total. The summed E-state index contributed by atoms with van der Waals surface area (Å²) in [6, 6.07) is 7.46. The summed E-state index contributed by atoms with van der Waals surface area (Å²) in [7, 11) is 1.91. The topological polar surface area (TPSA) is 55.1 Å². The van der Waals surface area contributed by atoms with Crippen LogP contribution < -0.4 is 4.90 Å². The third-order valence-corrected chi connectivity index (χ3v) is 4.09. The molecule has 0 bridgehead atoms. The third kappa shape index (κ3) is 3.65. The number of nitrogens with zero attached hydrogens (tertiary/aromatic N) is 4. The van der Waals surface area contributed by atoms with Gasteiger partial charge in [-0.05, 0) is 18.2 Å². The maximum atomic E-state index is 12.5. The van der Waals surface area contributed by atoms with Crippen LogP contribution in [-0.2, 0) is 6.54 Å². The molecule has 23 heavy (non-hydrogen) atoms. The molecule has 3 rings (SSSR count). The molecule has 0 saturated heterocycles. The molecule has 0 radical (unpaired) electrons. The second-order valence-electron chi connectivity index (χ2n) is 4.71. The van der Waals surface area contributed by atoms with E-state index < -0.39 is 12.3 Å². The summed E-state index contributed by atoms with van der Waals surface area (Å²) in [6.45, 7) is 0.543. The average molecular weight is 357 g/mol. The van der Waals surface area contributed by atoms with Crippen LogP contribution in [0.15, 0.2) is 34.1 Å². The van der Waals surface area contributed by atoms with Crippen LogP contribution in [0, 0.1) is 0 Å². The normalized spacial score (nSPS) is 11.2. The minimum absolute atomic E-state index is 0.00629. The number of halogens is 3. The van der Waals surface area contributed by atoms with E-state index in [2.05, 4.69) is 15.2 Å². The summed E-state index contributed by atoms with van der Waals surface area (Å²) in [5.74, 6) is -0.709. The molecule has 2 aromatic heterocycles. The molecule has 0 unspecified atom stereocenters. The van der Waals surface area contributed by atoms with E-state index in [0.29, 0.717) is 17.3 Å². The van der Waals surface area contributed by atoms with Crippen molar-refractivity contribution in [2.45, 2.75) is 13.0 Å². The van der Waals surface area contributed by atoms with Crippen molar-refractivity contribution in [3.63, 3.8) is 0 Å². The Morgan fingerprint density at radius 1 is 1.35 bits per heavy atom. The van der Waals surface area contributed by atoms with E-state index in [0.717, 1.165) is 10.7 Å². The molecule has 0 saturated carbocycles. The van der Waals surface area contributed by atoms with Crippen LogP contribution in [0.5, 0.6) is 0 Å². The van der Waals surface area contributed by atoms with Gasteiger partial charge in [-0.1, -0.05) is 17.7 Å². The van der Waals surface area contributed by atoms with Gasteiger partial charge in [-0.15, -0.1) is 21.5 Å². The van der Waals surface area contributed by atoms with E-state index in [-0.39, 0.29) is 5.89 Å². The van der Waals surface area contributed by atoms with Crippen molar-refractivity contribution in [2.75, 3.05) is 11.9 Å². The fourth-order valence-corrected chi connectivity index (χ4v) is 2.92. The zero-order valence-electron chi connectivity index (χ0n) is 11.9. The molecular weight excluding hydrogens is 346 g/mol. The number of hydrogen-bond acceptors (Lipinski definition) is 6. The first-order chi connectivity index (χ1) is 11.0. The molecule has 1 aromatic carbocycles. The lowest BCUT2D eigenvalue weighted by molar-refractivity contribution is 0.116. The monoisotopic (exact) mass is 356 g/mol. The molecule has 0 aliphatic heterocycles. The average Bonchev–Trinajstić information content (AvgIpc) is 3.15. The second-order valence-corrected chi connectivity index (χ2v) is 6.09. The van der Waals surface area contributed by atoms with Crippen molar-refractivity contribution in [2.24, 2.45) is 0 Å². The smallest absolute Gasteiger partial charge is 0.314 e. The van der Waals surface area contributed by atoms with Crippen LogP contribution in [0.2, 0.25) is 5.02 Å². The molecule has 0 fully saturated rings. The number of thiazole rings is 1. The lowest BCUT2D eigenvalue weighted by atomic mass is 10.3. The van der Waals surface area contributed by atoms with Gasteiger partial charge < -0.3 is 9.32 Å². The van der Waals surface area contributed by atoms with Crippen molar-refractivity contribution in [3.8, 4) is 11.6 Å². The Kier molecular flexibility index (Phi) is 4.53. The first-order valence-electron chi connectivity index (χ1n) is 6.56. The Balaban J connectivity index is 1.74. The van der Waals surface area contributed by atoms with Crippen molar-refractivity contribution in [3.05, 3.63) is 45.6 Å². The molecule has 0 N–H and O–H groups in total. The van der Waals surface area contributed by atoms with Crippen LogP contribution in [-0.4, -0.2) is 22.2 Å². The van der Waals surface area contributed by atoms with Gasteiger partial charge in [0.25, 0.3) is 11.8 Å². The summed E-state index contributed by atoms with van der Waals surface area (Å²) in [5.41, 5.74) is 1.34. The Morgan fingerprint density at radius 2 is 2.17 bits per heavy atom. The summed E-state index contributed by atoms with van der Waals surface area (Å²) in [5, 5.41) is 10.0. The summed E-state index contributed by atoms with van der Waals surface area (Å²) >= 11 is 7.36. The molecule has 0 aliphatic carbocycles. The SMILES string of the molecule is CN(Cc1nc(-c2nnc(C(F)F)o2)cs1)c1cccc(Cl)c1. The van der Waals surface area contributed by atoms with Gasteiger partial charge in [0, 0.05) is 23.1 Å². The van der Waals surface area contributed by atoms with Gasteiger partial charge in [-0.25, -0.2) is 4.98 Å². The number of anilines is 1. The van der Waals surface area contributed by atoms with Gasteiger partial charge in [-0.3, -0.25) is 0 Å². The second kappa shape index (κ2) is 6.59. The maximum Gasteiger partial charge on any atom is 0.314 e. The number of rotatable bonds is 5. The van der Waals surface area contributed by atoms with Crippen LogP contribution >= 0.6 is 22.9 Å². The van der Waals surface area contributed by atoms with Crippen molar-refractivity contribution in [1.29, 1.82) is 0 Å². The zero-order valence-corrected chi connectivity index (χ0v) is 13.5. The van der Waals surface area contributed by atoms with E-state index in [9.17, 15) is 8.78 Å². The quantitative estimate of drug-likeness (QED) is 0.677. The minimum Gasteiger partial charge on any atom is -0.414 e. The highest BCUT2D eigenvalue weighted by atomic mass is 35.5. The van der Waals surface area contributed by atoms with Crippen LogP contribution in [0.1, 0.15) is 17.3 Å². The summed E-state index contributed by atoms with van der Waals surface area (Å²) < 4.78 is 29.8. The van der Waals surface area contributed by atoms with Crippen LogP contribution in [0.4, 0.5) is 14.5 Å². The minimum atomic E-state index is -2.79. The van der Waals surface area contributed by atoms with Gasteiger partial charge >= 0.3 is 6.43 Å². The van der Waals surface area contributed by atoms with Crippen molar-refractivity contribution < 1.29 is 13.2 Å².